The van der Waals surface area contributed by atoms with Crippen LogP contribution in [-0.2, 0) is 0 Å². The number of rotatable bonds is 0. The molecule has 104 valence electrons. The van der Waals surface area contributed by atoms with Crippen LogP contribution in [0.4, 0.5) is 0 Å². The first-order valence-corrected chi connectivity index (χ1v) is 8.68. The minimum Gasteiger partial charge on any atom is -0.311 e. The van der Waals surface area contributed by atoms with Crippen molar-refractivity contribution in [2.45, 2.75) is 95.6 Å². The number of hydrogen-bond donors (Lipinski definition) is 1. The maximum absolute atomic E-state index is 4.08. The van der Waals surface area contributed by atoms with Crippen LogP contribution in [0.25, 0.3) is 0 Å². The molecule has 1 N–H and O–H groups in total. The van der Waals surface area contributed by atoms with Gasteiger partial charge in [0.2, 0.25) is 0 Å². The van der Waals surface area contributed by atoms with E-state index in [2.05, 4.69) is 5.32 Å². The zero-order valence-corrected chi connectivity index (χ0v) is 12.0. The average molecular weight is 249 g/mol. The van der Waals surface area contributed by atoms with Crippen LogP contribution in [0.3, 0.4) is 0 Å². The lowest BCUT2D eigenvalue weighted by Gasteiger charge is -2.30. The standard InChI is InChI=1S/C17H31N/c1-2-7-11-17-15(9-5-1)12-14-8-4-3-6-10-16(13-14)18-17/h14-18H,1-13H2/t14?,15-,16?,17?/m1/s1. The van der Waals surface area contributed by atoms with Crippen LogP contribution in [0.1, 0.15) is 83.5 Å². The smallest absolute Gasteiger partial charge is 0.00980 e. The van der Waals surface area contributed by atoms with Gasteiger partial charge in [0, 0.05) is 12.1 Å². The third-order valence-corrected chi connectivity index (χ3v) is 5.78. The van der Waals surface area contributed by atoms with Gasteiger partial charge in [-0.25, -0.2) is 0 Å². The van der Waals surface area contributed by atoms with Gasteiger partial charge in [-0.05, 0) is 43.9 Å². The Hall–Kier alpha value is -0.0400. The largest absolute Gasteiger partial charge is 0.311 e. The molecule has 2 aliphatic carbocycles. The molecule has 3 unspecified atom stereocenters. The topological polar surface area (TPSA) is 12.0 Å². The van der Waals surface area contributed by atoms with Crippen molar-refractivity contribution in [1.82, 2.24) is 5.32 Å². The fraction of sp³-hybridized carbons (Fsp3) is 1.00. The van der Waals surface area contributed by atoms with E-state index in [1.165, 1.54) is 77.0 Å². The molecule has 0 aromatic rings. The van der Waals surface area contributed by atoms with E-state index >= 15 is 0 Å². The van der Waals surface area contributed by atoms with Crippen molar-refractivity contribution in [3.63, 3.8) is 0 Å². The third-order valence-electron chi connectivity index (χ3n) is 5.78. The van der Waals surface area contributed by atoms with E-state index < -0.39 is 0 Å². The van der Waals surface area contributed by atoms with E-state index in [1.54, 1.807) is 6.42 Å². The first-order valence-electron chi connectivity index (χ1n) is 8.68. The van der Waals surface area contributed by atoms with Gasteiger partial charge >= 0.3 is 0 Å². The van der Waals surface area contributed by atoms with Crippen LogP contribution < -0.4 is 5.32 Å². The number of hydrogen-bond acceptors (Lipinski definition) is 1. The lowest BCUT2D eigenvalue weighted by atomic mass is 9.79. The van der Waals surface area contributed by atoms with Gasteiger partial charge in [-0.15, -0.1) is 0 Å². The Kier molecular flexibility index (Phi) is 4.62. The molecule has 0 aromatic heterocycles. The average Bonchev–Trinajstić information content (AvgIpc) is 2.47. The van der Waals surface area contributed by atoms with E-state index in [0.29, 0.717) is 0 Å². The van der Waals surface area contributed by atoms with E-state index in [4.69, 9.17) is 0 Å². The SMILES string of the molecule is C1CCC2CC(CC1)NC1CCCCCC[C@@H]1C2. The Bertz CT molecular complexity index is 226. The third kappa shape index (κ3) is 3.29. The first kappa shape index (κ1) is 13.0. The zero-order valence-electron chi connectivity index (χ0n) is 12.0. The molecule has 4 atom stereocenters. The van der Waals surface area contributed by atoms with Gasteiger partial charge in [-0.2, -0.15) is 0 Å². The minimum absolute atomic E-state index is 0.865. The molecule has 3 rings (SSSR count). The number of fused-ring (bicyclic) bond motifs is 3. The summed E-state index contributed by atoms with van der Waals surface area (Å²) in [6.45, 7) is 0. The van der Waals surface area contributed by atoms with Crippen molar-refractivity contribution in [1.29, 1.82) is 0 Å². The van der Waals surface area contributed by atoms with Gasteiger partial charge in [0.05, 0.1) is 0 Å². The second-order valence-electron chi connectivity index (χ2n) is 7.20. The summed E-state index contributed by atoms with van der Waals surface area (Å²) in [6.07, 6.45) is 19.4. The molecule has 3 fully saturated rings. The van der Waals surface area contributed by atoms with Crippen LogP contribution in [0, 0.1) is 11.8 Å². The molecule has 18 heavy (non-hydrogen) atoms. The highest BCUT2D eigenvalue weighted by atomic mass is 15.0. The summed E-state index contributed by atoms with van der Waals surface area (Å²) in [7, 11) is 0. The highest BCUT2D eigenvalue weighted by Crippen LogP contribution is 2.36. The van der Waals surface area contributed by atoms with E-state index in [-0.39, 0.29) is 0 Å². The Morgan fingerprint density at radius 3 is 2.28 bits per heavy atom. The van der Waals surface area contributed by atoms with Crippen LogP contribution in [-0.4, -0.2) is 12.1 Å². The molecule has 0 spiro atoms. The van der Waals surface area contributed by atoms with Crippen LogP contribution in [0.15, 0.2) is 0 Å². The molecule has 0 radical (unpaired) electrons. The Balaban J connectivity index is 1.70. The molecule has 1 aliphatic heterocycles. The second kappa shape index (κ2) is 6.41. The zero-order chi connectivity index (χ0) is 12.2. The normalized spacial score (nSPS) is 42.7. The first-order chi connectivity index (χ1) is 8.92. The Morgan fingerprint density at radius 2 is 1.33 bits per heavy atom. The maximum Gasteiger partial charge on any atom is 0.00980 e. The van der Waals surface area contributed by atoms with Crippen molar-refractivity contribution in [2.75, 3.05) is 0 Å². The quantitative estimate of drug-likeness (QED) is 0.658. The number of nitrogens with one attached hydrogen (secondary N) is 1. The highest BCUT2D eigenvalue weighted by molar-refractivity contribution is 4.89. The predicted octanol–water partition coefficient (Wildman–Crippen LogP) is 4.66. The van der Waals surface area contributed by atoms with E-state index in [9.17, 15) is 0 Å². The molecule has 2 saturated carbocycles. The van der Waals surface area contributed by atoms with E-state index in [0.717, 1.165) is 23.9 Å². The summed E-state index contributed by atoms with van der Waals surface area (Å²) in [4.78, 5) is 0. The highest BCUT2D eigenvalue weighted by Gasteiger charge is 2.32. The lowest BCUT2D eigenvalue weighted by molar-refractivity contribution is 0.262. The fourth-order valence-electron chi connectivity index (χ4n) is 4.80. The minimum atomic E-state index is 0.865. The van der Waals surface area contributed by atoms with Crippen molar-refractivity contribution in [2.24, 2.45) is 11.8 Å². The van der Waals surface area contributed by atoms with Crippen molar-refractivity contribution in [3.8, 4) is 0 Å². The molecular weight excluding hydrogens is 218 g/mol. The predicted molar refractivity (Wildman–Crippen MR) is 77.7 cm³/mol. The van der Waals surface area contributed by atoms with E-state index in [1.807, 2.05) is 0 Å². The van der Waals surface area contributed by atoms with Gasteiger partial charge in [0.1, 0.15) is 0 Å². The van der Waals surface area contributed by atoms with Gasteiger partial charge in [0.25, 0.3) is 0 Å². The summed E-state index contributed by atoms with van der Waals surface area (Å²) in [6, 6.07) is 1.74. The van der Waals surface area contributed by atoms with Gasteiger partial charge in [-0.1, -0.05) is 51.4 Å². The molecule has 1 nitrogen and oxygen atoms in total. The summed E-state index contributed by atoms with van der Waals surface area (Å²) in [5.74, 6) is 2.07. The summed E-state index contributed by atoms with van der Waals surface area (Å²) >= 11 is 0. The van der Waals surface area contributed by atoms with Gasteiger partial charge in [-0.3, -0.25) is 0 Å². The molecule has 1 saturated heterocycles. The van der Waals surface area contributed by atoms with Crippen LogP contribution in [0.5, 0.6) is 0 Å². The van der Waals surface area contributed by atoms with Gasteiger partial charge in [0.15, 0.2) is 0 Å². The maximum atomic E-state index is 4.08. The fourth-order valence-corrected chi connectivity index (χ4v) is 4.80. The van der Waals surface area contributed by atoms with Crippen molar-refractivity contribution in [3.05, 3.63) is 0 Å². The lowest BCUT2D eigenvalue weighted by Crippen LogP contribution is -2.41. The molecule has 3 aliphatic rings. The molecule has 2 bridgehead atoms. The summed E-state index contributed by atoms with van der Waals surface area (Å²) in [5.41, 5.74) is 0. The van der Waals surface area contributed by atoms with Crippen LogP contribution >= 0.6 is 0 Å². The molecule has 1 heterocycles. The summed E-state index contributed by atoms with van der Waals surface area (Å²) in [5, 5.41) is 4.08. The van der Waals surface area contributed by atoms with Crippen molar-refractivity contribution >= 4 is 0 Å². The Morgan fingerprint density at radius 1 is 0.611 bits per heavy atom. The molecule has 1 heteroatoms. The monoisotopic (exact) mass is 249 g/mol. The molecular formula is C17H31N. The Labute approximate surface area is 113 Å². The molecule has 0 aromatic carbocycles. The van der Waals surface area contributed by atoms with Gasteiger partial charge < -0.3 is 5.32 Å². The van der Waals surface area contributed by atoms with Crippen molar-refractivity contribution < 1.29 is 0 Å². The summed E-state index contributed by atoms with van der Waals surface area (Å²) < 4.78 is 0. The molecule has 0 amide bonds. The van der Waals surface area contributed by atoms with Crippen LogP contribution in [0.2, 0.25) is 0 Å². The second-order valence-corrected chi connectivity index (χ2v) is 7.20.